The molecule has 0 fully saturated rings. The molecule has 0 aliphatic heterocycles. The Morgan fingerprint density at radius 2 is 1.54 bits per heavy atom. The van der Waals surface area contributed by atoms with Crippen LogP contribution in [0.25, 0.3) is 0 Å². The summed E-state index contributed by atoms with van der Waals surface area (Å²) in [7, 11) is 0. The molecule has 0 aliphatic rings. The number of hydrogen-bond donors (Lipinski definition) is 1. The molecule has 74 valence electrons. The van der Waals surface area contributed by atoms with E-state index in [0.29, 0.717) is 0 Å². The highest BCUT2D eigenvalue weighted by Crippen LogP contribution is 2.22. The van der Waals surface area contributed by atoms with Crippen molar-refractivity contribution in [1.82, 2.24) is 0 Å². The average Bonchev–Trinajstić information content (AvgIpc) is 2.18. The van der Waals surface area contributed by atoms with E-state index in [1.54, 1.807) is 0 Å². The lowest BCUT2D eigenvalue weighted by molar-refractivity contribution is -0.490. The predicted octanol–water partition coefficient (Wildman–Crippen LogP) is -1.05. The topological polar surface area (TPSA) is 27.6 Å². The second kappa shape index (κ2) is 5.25. The van der Waals surface area contributed by atoms with Crippen molar-refractivity contribution in [2.75, 3.05) is 0 Å². The summed E-state index contributed by atoms with van der Waals surface area (Å²) in [6.07, 6.45) is 2.21. The summed E-state index contributed by atoms with van der Waals surface area (Å²) in [6.45, 7) is 4.40. The number of quaternary nitrogens is 1. The van der Waals surface area contributed by atoms with E-state index in [-0.39, 0.29) is 17.9 Å². The van der Waals surface area contributed by atoms with Crippen LogP contribution in [0.5, 0.6) is 0 Å². The quantitative estimate of drug-likeness (QED) is 0.644. The van der Waals surface area contributed by atoms with Gasteiger partial charge in [-0.2, -0.15) is 0 Å². The molecular weight excluding hydrogens is 182 g/mol. The number of hydrogen-bond acceptors (Lipinski definition) is 0. The molecule has 1 aromatic rings. The van der Waals surface area contributed by atoms with Crippen molar-refractivity contribution in [3.63, 3.8) is 0 Å². The lowest BCUT2D eigenvalue weighted by Gasteiger charge is -2.22. The van der Waals surface area contributed by atoms with E-state index in [1.807, 2.05) is 0 Å². The summed E-state index contributed by atoms with van der Waals surface area (Å²) >= 11 is 0. The van der Waals surface area contributed by atoms with Gasteiger partial charge < -0.3 is 18.1 Å². The van der Waals surface area contributed by atoms with Gasteiger partial charge in [0.05, 0.1) is 0 Å². The van der Waals surface area contributed by atoms with Crippen LogP contribution in [-0.4, -0.2) is 0 Å². The second-order valence-corrected chi connectivity index (χ2v) is 3.35. The highest BCUT2D eigenvalue weighted by molar-refractivity contribution is 5.21. The first-order valence-corrected chi connectivity index (χ1v) is 4.64. The van der Waals surface area contributed by atoms with Crippen LogP contribution in [0.3, 0.4) is 0 Å². The van der Waals surface area contributed by atoms with Crippen molar-refractivity contribution in [1.29, 1.82) is 0 Å². The molecule has 13 heavy (non-hydrogen) atoms. The Kier molecular flexibility index (Phi) is 5.04. The summed E-state index contributed by atoms with van der Waals surface area (Å²) in [6, 6.07) is 10.6. The summed E-state index contributed by atoms with van der Waals surface area (Å²) in [5, 5.41) is 0. The Morgan fingerprint density at radius 3 is 1.92 bits per heavy atom. The molecule has 0 saturated carbocycles. The molecule has 0 saturated heterocycles. The summed E-state index contributed by atoms with van der Waals surface area (Å²) in [5.41, 5.74) is 5.76. The van der Waals surface area contributed by atoms with Crippen LogP contribution in [-0.2, 0) is 5.54 Å². The molecule has 0 aliphatic carbocycles. The maximum Gasteiger partial charge on any atom is 0.120 e. The molecular formula is C11H18ClN. The van der Waals surface area contributed by atoms with E-state index in [9.17, 15) is 0 Å². The Hall–Kier alpha value is -0.530. The SMILES string of the molecule is CCC([NH3+])(CC)c1ccccc1.[Cl-]. The second-order valence-electron chi connectivity index (χ2n) is 3.35. The summed E-state index contributed by atoms with van der Waals surface area (Å²) in [4.78, 5) is 0. The maximum absolute atomic E-state index is 4.28. The minimum absolute atomic E-state index is 0. The molecule has 0 aromatic heterocycles. The zero-order valence-corrected chi connectivity index (χ0v) is 9.14. The fraction of sp³-hybridized carbons (Fsp3) is 0.455. The standard InChI is InChI=1S/C11H17N.ClH/c1-3-11(12,4-2)10-8-6-5-7-9-10;/h5-9H,3-4,12H2,1-2H3;1H. The van der Waals surface area contributed by atoms with Crippen LogP contribution in [0, 0.1) is 0 Å². The minimum Gasteiger partial charge on any atom is -1.00 e. The Bertz CT molecular complexity index is 229. The van der Waals surface area contributed by atoms with Crippen molar-refractivity contribution >= 4 is 0 Å². The summed E-state index contributed by atoms with van der Waals surface area (Å²) < 4.78 is 0. The van der Waals surface area contributed by atoms with E-state index in [4.69, 9.17) is 0 Å². The largest absolute Gasteiger partial charge is 1.00 e. The molecule has 0 radical (unpaired) electrons. The third kappa shape index (κ3) is 2.71. The van der Waals surface area contributed by atoms with E-state index in [2.05, 4.69) is 49.9 Å². The molecule has 2 heteroatoms. The van der Waals surface area contributed by atoms with Crippen molar-refractivity contribution in [2.45, 2.75) is 32.2 Å². The highest BCUT2D eigenvalue weighted by Gasteiger charge is 2.26. The zero-order chi connectivity index (χ0) is 9.03. The van der Waals surface area contributed by atoms with Gasteiger partial charge in [-0.05, 0) is 0 Å². The van der Waals surface area contributed by atoms with Gasteiger partial charge >= 0.3 is 0 Å². The first-order valence-electron chi connectivity index (χ1n) is 4.64. The lowest BCUT2D eigenvalue weighted by atomic mass is 9.86. The average molecular weight is 200 g/mol. The Balaban J connectivity index is 0.00000144. The monoisotopic (exact) mass is 199 g/mol. The van der Waals surface area contributed by atoms with Crippen LogP contribution < -0.4 is 18.1 Å². The number of halogens is 1. The fourth-order valence-corrected chi connectivity index (χ4v) is 1.45. The normalized spacial score (nSPS) is 10.7. The smallest absolute Gasteiger partial charge is 0.120 e. The molecule has 1 nitrogen and oxygen atoms in total. The molecule has 0 atom stereocenters. The molecule has 0 bridgehead atoms. The van der Waals surface area contributed by atoms with Crippen LogP contribution >= 0.6 is 0 Å². The van der Waals surface area contributed by atoms with Crippen LogP contribution in [0.15, 0.2) is 30.3 Å². The van der Waals surface area contributed by atoms with Crippen molar-refractivity contribution < 1.29 is 18.1 Å². The van der Waals surface area contributed by atoms with Gasteiger partial charge in [0.25, 0.3) is 0 Å². The van der Waals surface area contributed by atoms with E-state index in [0.717, 1.165) is 12.8 Å². The Morgan fingerprint density at radius 1 is 1.08 bits per heavy atom. The van der Waals surface area contributed by atoms with E-state index >= 15 is 0 Å². The van der Waals surface area contributed by atoms with Crippen LogP contribution in [0.1, 0.15) is 32.3 Å². The molecule has 1 rings (SSSR count). The van der Waals surface area contributed by atoms with Gasteiger partial charge in [0.15, 0.2) is 0 Å². The van der Waals surface area contributed by atoms with Crippen molar-refractivity contribution in [3.05, 3.63) is 35.9 Å². The zero-order valence-electron chi connectivity index (χ0n) is 8.39. The first-order chi connectivity index (χ1) is 5.73. The molecule has 3 N–H and O–H groups in total. The molecule has 0 heterocycles. The Labute approximate surface area is 86.7 Å². The van der Waals surface area contributed by atoms with Gasteiger partial charge in [0.1, 0.15) is 5.54 Å². The van der Waals surface area contributed by atoms with Gasteiger partial charge in [-0.25, -0.2) is 0 Å². The van der Waals surface area contributed by atoms with Crippen LogP contribution in [0.4, 0.5) is 0 Å². The van der Waals surface area contributed by atoms with Gasteiger partial charge in [0, 0.05) is 18.4 Å². The van der Waals surface area contributed by atoms with E-state index in [1.165, 1.54) is 5.56 Å². The summed E-state index contributed by atoms with van der Waals surface area (Å²) in [5.74, 6) is 0. The highest BCUT2D eigenvalue weighted by atomic mass is 35.5. The van der Waals surface area contributed by atoms with Crippen LogP contribution in [0.2, 0.25) is 0 Å². The first kappa shape index (κ1) is 12.5. The fourth-order valence-electron chi connectivity index (χ4n) is 1.45. The van der Waals surface area contributed by atoms with Crippen molar-refractivity contribution in [3.8, 4) is 0 Å². The predicted molar refractivity (Wildman–Crippen MR) is 51.6 cm³/mol. The molecule has 0 unspecified atom stereocenters. The minimum atomic E-state index is 0. The third-order valence-electron chi connectivity index (χ3n) is 2.74. The van der Waals surface area contributed by atoms with Gasteiger partial charge in [-0.1, -0.05) is 44.2 Å². The number of benzene rings is 1. The lowest BCUT2D eigenvalue weighted by Crippen LogP contribution is -3.00. The third-order valence-corrected chi connectivity index (χ3v) is 2.74. The molecule has 0 spiro atoms. The van der Waals surface area contributed by atoms with Gasteiger partial charge in [-0.15, -0.1) is 0 Å². The van der Waals surface area contributed by atoms with Crippen molar-refractivity contribution in [2.24, 2.45) is 0 Å². The van der Waals surface area contributed by atoms with E-state index < -0.39 is 0 Å². The molecule has 0 amide bonds. The number of rotatable bonds is 3. The molecule has 1 aromatic carbocycles. The maximum atomic E-state index is 4.28. The van der Waals surface area contributed by atoms with Gasteiger partial charge in [0.2, 0.25) is 0 Å². The van der Waals surface area contributed by atoms with Gasteiger partial charge in [-0.3, -0.25) is 0 Å².